The van der Waals surface area contributed by atoms with Gasteiger partial charge in [-0.05, 0) is 30.6 Å². The number of aliphatic hydroxyl groups is 1. The first-order chi connectivity index (χ1) is 12.0. The summed E-state index contributed by atoms with van der Waals surface area (Å²) in [5.41, 5.74) is 12.1. The van der Waals surface area contributed by atoms with Crippen LogP contribution in [-0.4, -0.2) is 24.7 Å². The van der Waals surface area contributed by atoms with Crippen molar-refractivity contribution in [1.82, 2.24) is 0 Å². The van der Waals surface area contributed by atoms with Gasteiger partial charge in [0.2, 0.25) is 0 Å². The first-order valence-corrected chi connectivity index (χ1v) is 9.76. The topological polar surface area (TPSA) is 127 Å². The first-order valence-electron chi connectivity index (χ1n) is 8.32. The Hall–Kier alpha value is -2.09. The van der Waals surface area contributed by atoms with Crippen molar-refractivity contribution < 1.29 is 18.1 Å². The number of nitrogens with two attached hydrogens (primary N) is 2. The van der Waals surface area contributed by atoms with Crippen molar-refractivity contribution in [2.24, 2.45) is 22.3 Å². The third-order valence-electron chi connectivity index (χ3n) is 4.55. The molecule has 0 amide bonds. The van der Waals surface area contributed by atoms with Gasteiger partial charge in [0.25, 0.3) is 10.1 Å². The third-order valence-corrected chi connectivity index (χ3v) is 5.46. The van der Waals surface area contributed by atoms with Gasteiger partial charge in [0.05, 0.1) is 5.70 Å². The Balaban J connectivity index is 2.46. The fourth-order valence-electron chi connectivity index (χ4n) is 3.49. The van der Waals surface area contributed by atoms with E-state index in [4.69, 9.17) is 11.5 Å². The number of hydrogen-bond donors (Lipinski definition) is 4. The molecule has 0 aliphatic heterocycles. The van der Waals surface area contributed by atoms with Crippen LogP contribution in [0.1, 0.15) is 26.7 Å². The summed E-state index contributed by atoms with van der Waals surface area (Å²) in [4.78, 5) is -0.289. The van der Waals surface area contributed by atoms with Gasteiger partial charge in [0.1, 0.15) is 4.91 Å². The van der Waals surface area contributed by atoms with Gasteiger partial charge in [0.15, 0.2) is 0 Å². The summed E-state index contributed by atoms with van der Waals surface area (Å²) in [7, 11) is -4.43. The van der Waals surface area contributed by atoms with E-state index >= 15 is 0 Å². The molecule has 0 aromatic rings. The molecule has 0 fully saturated rings. The Bertz CT molecular complexity index is 862. The van der Waals surface area contributed by atoms with Crippen LogP contribution in [0.2, 0.25) is 0 Å². The molecule has 0 saturated carbocycles. The molecule has 7 heteroatoms. The Kier molecular flexibility index (Phi) is 5.65. The Morgan fingerprint density at radius 3 is 2.08 bits per heavy atom. The van der Waals surface area contributed by atoms with Crippen molar-refractivity contribution in [3.05, 3.63) is 70.5 Å². The third kappa shape index (κ3) is 4.75. The average molecular weight is 378 g/mol. The quantitative estimate of drug-likeness (QED) is 0.544. The molecular formula is C19H26N2O4S. The molecule has 2 rings (SSSR count). The van der Waals surface area contributed by atoms with Crippen LogP contribution in [0.15, 0.2) is 70.5 Å². The number of rotatable bonds is 5. The molecule has 2 atom stereocenters. The SMILES string of the molecule is CC1(CC2(C)C=CC=C(N)C(S(=O)(=O)O)=C2)C=CC=C(N)C(CCO)=C1. The van der Waals surface area contributed by atoms with Crippen LogP contribution in [0.3, 0.4) is 0 Å². The van der Waals surface area contributed by atoms with Gasteiger partial charge in [-0.15, -0.1) is 0 Å². The lowest BCUT2D eigenvalue weighted by atomic mass is 9.71. The maximum absolute atomic E-state index is 11.7. The van der Waals surface area contributed by atoms with E-state index in [-0.39, 0.29) is 17.2 Å². The van der Waals surface area contributed by atoms with Crippen LogP contribution < -0.4 is 11.5 Å². The van der Waals surface area contributed by atoms with Crippen molar-refractivity contribution in [1.29, 1.82) is 0 Å². The molecule has 0 bridgehead atoms. The second-order valence-corrected chi connectivity index (χ2v) is 8.67. The Morgan fingerprint density at radius 2 is 1.54 bits per heavy atom. The summed E-state index contributed by atoms with van der Waals surface area (Å²) < 4.78 is 32.9. The van der Waals surface area contributed by atoms with Gasteiger partial charge in [-0.1, -0.05) is 50.3 Å². The van der Waals surface area contributed by atoms with Crippen LogP contribution >= 0.6 is 0 Å². The van der Waals surface area contributed by atoms with Crippen molar-refractivity contribution >= 4 is 10.1 Å². The van der Waals surface area contributed by atoms with Gasteiger partial charge >= 0.3 is 0 Å². The zero-order valence-corrected chi connectivity index (χ0v) is 15.8. The van der Waals surface area contributed by atoms with E-state index in [0.29, 0.717) is 18.5 Å². The Morgan fingerprint density at radius 1 is 1.00 bits per heavy atom. The van der Waals surface area contributed by atoms with Crippen molar-refractivity contribution in [3.8, 4) is 0 Å². The van der Waals surface area contributed by atoms with E-state index in [1.807, 2.05) is 38.2 Å². The molecule has 142 valence electrons. The summed E-state index contributed by atoms with van der Waals surface area (Å²) in [6.07, 6.45) is 15.1. The minimum absolute atomic E-state index is 0.00328. The fraction of sp³-hybridized carbons (Fsp3) is 0.368. The summed E-state index contributed by atoms with van der Waals surface area (Å²) >= 11 is 0. The molecule has 0 radical (unpaired) electrons. The zero-order chi connectivity index (χ0) is 19.6. The van der Waals surface area contributed by atoms with E-state index < -0.39 is 20.9 Å². The predicted octanol–water partition coefficient (Wildman–Crippen LogP) is 2.29. The Labute approximate surface area is 154 Å². The summed E-state index contributed by atoms with van der Waals surface area (Å²) in [6.45, 7) is 3.87. The van der Waals surface area contributed by atoms with Crippen LogP contribution in [0.25, 0.3) is 0 Å². The highest BCUT2D eigenvalue weighted by atomic mass is 32.2. The van der Waals surface area contributed by atoms with E-state index in [9.17, 15) is 18.1 Å². The standard InChI is InChI=1S/C19H26N2O4S/c1-18(8-3-5-15(20)14(11-18)7-10-22)13-19(2)9-4-6-16(21)17(12-19)26(23,24)25/h3-6,8-9,11-12,22H,7,10,13,20-21H2,1-2H3,(H,23,24,25). The van der Waals surface area contributed by atoms with E-state index in [0.717, 1.165) is 5.57 Å². The van der Waals surface area contributed by atoms with Gasteiger partial charge in [0, 0.05) is 23.1 Å². The van der Waals surface area contributed by atoms with E-state index in [2.05, 4.69) is 0 Å². The normalized spacial score (nSPS) is 29.2. The highest BCUT2D eigenvalue weighted by molar-refractivity contribution is 7.90. The molecule has 2 aliphatic rings. The van der Waals surface area contributed by atoms with Crippen LogP contribution in [0, 0.1) is 10.8 Å². The lowest BCUT2D eigenvalue weighted by Gasteiger charge is -2.33. The molecule has 26 heavy (non-hydrogen) atoms. The molecule has 0 aromatic carbocycles. The fourth-order valence-corrected chi connectivity index (χ4v) is 4.28. The molecule has 0 spiro atoms. The second-order valence-electron chi connectivity index (χ2n) is 7.28. The molecule has 0 aromatic heterocycles. The van der Waals surface area contributed by atoms with Crippen LogP contribution in [-0.2, 0) is 10.1 Å². The number of hydrogen-bond acceptors (Lipinski definition) is 5. The van der Waals surface area contributed by atoms with Gasteiger partial charge in [-0.2, -0.15) is 8.42 Å². The van der Waals surface area contributed by atoms with Crippen molar-refractivity contribution in [2.75, 3.05) is 6.61 Å². The highest BCUT2D eigenvalue weighted by Gasteiger charge is 2.33. The highest BCUT2D eigenvalue weighted by Crippen LogP contribution is 2.43. The van der Waals surface area contributed by atoms with Crippen LogP contribution in [0.4, 0.5) is 0 Å². The average Bonchev–Trinajstić information content (AvgIpc) is 2.73. The molecule has 6 N–H and O–H groups in total. The lowest BCUT2D eigenvalue weighted by molar-refractivity contribution is 0.298. The monoisotopic (exact) mass is 378 g/mol. The summed E-state index contributed by atoms with van der Waals surface area (Å²) in [5.74, 6) is 0. The molecular weight excluding hydrogens is 352 g/mol. The molecule has 2 aliphatic carbocycles. The summed E-state index contributed by atoms with van der Waals surface area (Å²) in [6, 6.07) is 0. The maximum atomic E-state index is 11.7. The van der Waals surface area contributed by atoms with Crippen LogP contribution in [0.5, 0.6) is 0 Å². The number of aliphatic hydroxyl groups excluding tert-OH is 1. The molecule has 2 unspecified atom stereocenters. The minimum Gasteiger partial charge on any atom is -0.399 e. The molecule has 0 saturated heterocycles. The minimum atomic E-state index is -4.43. The smallest absolute Gasteiger partial charge is 0.296 e. The van der Waals surface area contributed by atoms with E-state index in [1.165, 1.54) is 12.2 Å². The largest absolute Gasteiger partial charge is 0.399 e. The first kappa shape index (κ1) is 20.2. The van der Waals surface area contributed by atoms with Crippen molar-refractivity contribution in [2.45, 2.75) is 26.7 Å². The van der Waals surface area contributed by atoms with E-state index in [1.54, 1.807) is 12.2 Å². The number of allylic oxidation sites excluding steroid dienone is 9. The van der Waals surface area contributed by atoms with Gasteiger partial charge < -0.3 is 16.6 Å². The predicted molar refractivity (Wildman–Crippen MR) is 103 cm³/mol. The van der Waals surface area contributed by atoms with Crippen molar-refractivity contribution in [3.63, 3.8) is 0 Å². The molecule has 6 nitrogen and oxygen atoms in total. The zero-order valence-electron chi connectivity index (χ0n) is 15.0. The summed E-state index contributed by atoms with van der Waals surface area (Å²) in [5, 5.41) is 9.28. The molecule has 0 heterocycles. The second kappa shape index (κ2) is 7.26. The van der Waals surface area contributed by atoms with Gasteiger partial charge in [-0.25, -0.2) is 0 Å². The lowest BCUT2D eigenvalue weighted by Crippen LogP contribution is -2.24. The van der Waals surface area contributed by atoms with Gasteiger partial charge in [-0.3, -0.25) is 4.55 Å². The maximum Gasteiger partial charge on any atom is 0.296 e.